The SMILES string of the molecule is CC1=NN(c2cccc(S(=O)(=O)NCCO)c2)C(=O)C1N=Nc1[c-]cc(C)c(Cl)c1.[Y]. The molecule has 2 aromatic carbocycles. The first-order valence-corrected chi connectivity index (χ1v) is 10.8. The number of aliphatic hydroxyl groups is 1. The summed E-state index contributed by atoms with van der Waals surface area (Å²) < 4.78 is 26.8. The van der Waals surface area contributed by atoms with Gasteiger partial charge < -0.3 is 5.11 Å². The van der Waals surface area contributed by atoms with Gasteiger partial charge in [0.25, 0.3) is 5.91 Å². The van der Waals surface area contributed by atoms with Crippen LogP contribution in [0.15, 0.2) is 56.6 Å². The van der Waals surface area contributed by atoms with Crippen LogP contribution in [0.3, 0.4) is 0 Å². The number of carbonyl (C=O) groups excluding carboxylic acids is 1. The zero-order chi connectivity index (χ0) is 21.9. The van der Waals surface area contributed by atoms with Crippen LogP contribution < -0.4 is 9.73 Å². The Morgan fingerprint density at radius 3 is 2.74 bits per heavy atom. The van der Waals surface area contributed by atoms with Gasteiger partial charge in [0.05, 0.1) is 22.9 Å². The maximum Gasteiger partial charge on any atom is 0.280 e. The molecule has 1 amide bonds. The standard InChI is InChI=1S/C19H19ClN5O4S.Y/c1-12-6-7-14(10-17(12)20)22-23-18-13(2)24-25(19(18)27)15-4-3-5-16(11-15)30(28,29)21-8-9-26;/h3-6,10-11,18,21,26H,8-9H2,1-2H3;/q-1;. The van der Waals surface area contributed by atoms with Gasteiger partial charge in [-0.25, -0.2) is 13.1 Å². The minimum atomic E-state index is -3.83. The number of sulfonamides is 1. The molecule has 1 heterocycles. The molecule has 0 fully saturated rings. The third kappa shape index (κ3) is 6.03. The van der Waals surface area contributed by atoms with Crippen molar-refractivity contribution in [2.24, 2.45) is 15.3 Å². The van der Waals surface area contributed by atoms with Crippen LogP contribution in [0, 0.1) is 13.0 Å². The molecule has 9 nitrogen and oxygen atoms in total. The van der Waals surface area contributed by atoms with E-state index in [1.807, 2.05) is 6.92 Å². The predicted molar refractivity (Wildman–Crippen MR) is 113 cm³/mol. The minimum Gasteiger partial charge on any atom is -0.395 e. The monoisotopic (exact) mass is 537 g/mol. The van der Waals surface area contributed by atoms with Crippen molar-refractivity contribution in [3.05, 3.63) is 53.1 Å². The van der Waals surface area contributed by atoms with Crippen LogP contribution in [0.4, 0.5) is 11.4 Å². The molecule has 0 saturated heterocycles. The first kappa shape index (κ1) is 25.7. The molecule has 0 bridgehead atoms. The van der Waals surface area contributed by atoms with Gasteiger partial charge in [0.1, 0.15) is 0 Å². The fourth-order valence-corrected chi connectivity index (χ4v) is 3.84. The summed E-state index contributed by atoms with van der Waals surface area (Å²) in [6.45, 7) is 3.03. The van der Waals surface area contributed by atoms with Crippen molar-refractivity contribution in [1.82, 2.24) is 4.72 Å². The summed E-state index contributed by atoms with van der Waals surface area (Å²) in [5.74, 6) is -0.465. The number of benzene rings is 2. The molecule has 2 aromatic rings. The fourth-order valence-electron chi connectivity index (χ4n) is 2.62. The maximum absolute atomic E-state index is 12.8. The van der Waals surface area contributed by atoms with Crippen LogP contribution >= 0.6 is 11.6 Å². The first-order chi connectivity index (χ1) is 14.2. The number of hydrazone groups is 1. The molecule has 0 aromatic heterocycles. The number of halogens is 1. The van der Waals surface area contributed by atoms with Gasteiger partial charge in [-0.1, -0.05) is 18.0 Å². The van der Waals surface area contributed by atoms with Gasteiger partial charge in [-0.3, -0.25) is 4.79 Å². The molecule has 2 N–H and O–H groups in total. The predicted octanol–water partition coefficient (Wildman–Crippen LogP) is 2.59. The zero-order valence-electron chi connectivity index (χ0n) is 16.8. The van der Waals surface area contributed by atoms with E-state index in [0.29, 0.717) is 16.4 Å². The first-order valence-electron chi connectivity index (χ1n) is 8.91. The van der Waals surface area contributed by atoms with Gasteiger partial charge in [-0.05, 0) is 30.8 Å². The number of rotatable bonds is 7. The summed E-state index contributed by atoms with van der Waals surface area (Å²) in [5.41, 5.74) is 1.91. The fraction of sp³-hybridized carbons (Fsp3) is 0.263. The number of azo groups is 1. The van der Waals surface area contributed by atoms with Crippen molar-refractivity contribution < 1.29 is 51.0 Å². The number of amides is 1. The van der Waals surface area contributed by atoms with E-state index in [2.05, 4.69) is 26.1 Å². The minimum absolute atomic E-state index is 0. The number of nitrogens with zero attached hydrogens (tertiary/aromatic N) is 4. The molecule has 1 aliphatic rings. The average molecular weight is 538 g/mol. The molecule has 31 heavy (non-hydrogen) atoms. The Bertz CT molecular complexity index is 1140. The van der Waals surface area contributed by atoms with E-state index in [1.165, 1.54) is 18.2 Å². The summed E-state index contributed by atoms with van der Waals surface area (Å²) in [5, 5.41) is 22.8. The molecule has 1 radical (unpaired) electrons. The Morgan fingerprint density at radius 1 is 1.32 bits per heavy atom. The largest absolute Gasteiger partial charge is 0.395 e. The van der Waals surface area contributed by atoms with Crippen molar-refractivity contribution in [1.29, 1.82) is 0 Å². The number of aliphatic hydroxyl groups excluding tert-OH is 1. The van der Waals surface area contributed by atoms with Crippen LogP contribution in [0.2, 0.25) is 5.02 Å². The van der Waals surface area contributed by atoms with Gasteiger partial charge in [-0.15, -0.1) is 23.2 Å². The summed E-state index contributed by atoms with van der Waals surface area (Å²) >= 11 is 6.06. The Hall–Kier alpha value is -1.56. The summed E-state index contributed by atoms with van der Waals surface area (Å²) in [7, 11) is -3.83. The molecule has 161 valence electrons. The van der Waals surface area contributed by atoms with Crippen LogP contribution in [0.5, 0.6) is 0 Å². The van der Waals surface area contributed by atoms with E-state index >= 15 is 0 Å². The van der Waals surface area contributed by atoms with Gasteiger partial charge in [-0.2, -0.15) is 32.5 Å². The maximum atomic E-state index is 12.8. The van der Waals surface area contributed by atoms with Crippen LogP contribution in [-0.4, -0.2) is 44.3 Å². The molecule has 0 aliphatic carbocycles. The second kappa shape index (κ2) is 10.8. The van der Waals surface area contributed by atoms with Crippen LogP contribution in [0.1, 0.15) is 12.5 Å². The third-order valence-corrected chi connectivity index (χ3v) is 6.10. The summed E-state index contributed by atoms with van der Waals surface area (Å²) in [6, 6.07) is 11.0. The van der Waals surface area contributed by atoms with E-state index in [0.717, 1.165) is 10.6 Å². The Labute approximate surface area is 210 Å². The quantitative estimate of drug-likeness (QED) is 0.416. The average Bonchev–Trinajstić information content (AvgIpc) is 3.01. The smallest absolute Gasteiger partial charge is 0.280 e. The topological polar surface area (TPSA) is 124 Å². The van der Waals surface area contributed by atoms with Crippen molar-refractivity contribution in [3.8, 4) is 0 Å². The summed E-state index contributed by atoms with van der Waals surface area (Å²) in [6.07, 6.45) is 0. The molecule has 0 spiro atoms. The van der Waals surface area contributed by atoms with E-state index in [-0.39, 0.29) is 56.4 Å². The Morgan fingerprint density at radius 2 is 2.06 bits per heavy atom. The van der Waals surface area contributed by atoms with Crippen molar-refractivity contribution in [2.75, 3.05) is 18.2 Å². The van der Waals surface area contributed by atoms with Crippen LogP contribution in [0.25, 0.3) is 0 Å². The van der Waals surface area contributed by atoms with E-state index < -0.39 is 22.0 Å². The summed E-state index contributed by atoms with van der Waals surface area (Å²) in [4.78, 5) is 12.8. The number of nitrogens with one attached hydrogen (secondary N) is 1. The van der Waals surface area contributed by atoms with E-state index in [4.69, 9.17) is 16.7 Å². The second-order valence-corrected chi connectivity index (χ2v) is 8.65. The number of hydrogen-bond acceptors (Lipinski definition) is 7. The molecule has 1 unspecified atom stereocenters. The molecule has 12 heteroatoms. The third-order valence-electron chi connectivity index (χ3n) is 4.23. The van der Waals surface area contributed by atoms with Crippen LogP contribution in [-0.2, 0) is 47.5 Å². The molecule has 1 atom stereocenters. The van der Waals surface area contributed by atoms with E-state index in [9.17, 15) is 13.2 Å². The van der Waals surface area contributed by atoms with Gasteiger partial charge in [0.15, 0.2) is 6.04 Å². The zero-order valence-corrected chi connectivity index (χ0v) is 21.2. The molecule has 0 saturated carbocycles. The normalized spacial score (nSPS) is 16.5. The molecule has 3 rings (SSSR count). The van der Waals surface area contributed by atoms with E-state index in [1.54, 1.807) is 25.1 Å². The Balaban J connectivity index is 0.00000341. The number of aryl methyl sites for hydroxylation is 1. The molecule has 1 aliphatic heterocycles. The van der Waals surface area contributed by atoms with Gasteiger partial charge in [0, 0.05) is 39.3 Å². The van der Waals surface area contributed by atoms with Gasteiger partial charge in [0.2, 0.25) is 10.0 Å². The number of carbonyl (C=O) groups is 1. The number of anilines is 1. The second-order valence-electron chi connectivity index (χ2n) is 6.48. The molecular weight excluding hydrogens is 519 g/mol. The van der Waals surface area contributed by atoms with Crippen molar-refractivity contribution in [3.63, 3.8) is 0 Å². The van der Waals surface area contributed by atoms with Crippen molar-refractivity contribution in [2.45, 2.75) is 24.8 Å². The number of hydrogen-bond donors (Lipinski definition) is 2. The van der Waals surface area contributed by atoms with Gasteiger partial charge >= 0.3 is 0 Å². The molecular formula is C19H19ClN5O4SY-. The van der Waals surface area contributed by atoms with Crippen molar-refractivity contribution >= 4 is 44.6 Å². The Kier molecular flexibility index (Phi) is 8.99.